The number of hydrogen-bond donors (Lipinski definition) is 0. The highest BCUT2D eigenvalue weighted by Gasteiger charge is 2.31. The first-order chi connectivity index (χ1) is 12.9. The van der Waals surface area contributed by atoms with Crippen LogP contribution in [-0.4, -0.2) is 19.8 Å². The summed E-state index contributed by atoms with van der Waals surface area (Å²) in [7, 11) is 0. The number of anilines is 1. The summed E-state index contributed by atoms with van der Waals surface area (Å²) < 4.78 is 5.93. The number of ether oxygens (including phenoxy) is 1. The van der Waals surface area contributed by atoms with E-state index in [-0.39, 0.29) is 6.04 Å². The smallest absolute Gasteiger partial charge is 0.0557 e. The number of hydrogen-bond acceptors (Lipinski definition) is 2. The Bertz CT molecular complexity index is 748. The average molecular weight is 427 g/mol. The van der Waals surface area contributed by atoms with Crippen LogP contribution in [0.2, 0.25) is 15.1 Å². The van der Waals surface area contributed by atoms with Gasteiger partial charge in [0.1, 0.15) is 0 Å². The highest BCUT2D eigenvalue weighted by Crippen LogP contribution is 2.40. The van der Waals surface area contributed by atoms with Crippen LogP contribution in [0.5, 0.6) is 0 Å². The summed E-state index contributed by atoms with van der Waals surface area (Å²) in [5, 5.41) is 2.13. The lowest BCUT2D eigenvalue weighted by Crippen LogP contribution is -2.40. The van der Waals surface area contributed by atoms with Gasteiger partial charge >= 0.3 is 0 Å². The van der Waals surface area contributed by atoms with Gasteiger partial charge in [0.25, 0.3) is 0 Å². The molecule has 0 radical (unpaired) electrons. The summed E-state index contributed by atoms with van der Waals surface area (Å²) in [6.07, 6.45) is 2.14. The Balaban J connectivity index is 1.82. The summed E-state index contributed by atoms with van der Waals surface area (Å²) in [6, 6.07) is 14.1. The van der Waals surface area contributed by atoms with Crippen molar-refractivity contribution in [3.8, 4) is 0 Å². The van der Waals surface area contributed by atoms with E-state index < -0.39 is 0 Å². The molecule has 0 spiro atoms. The number of nitrogens with zero attached hydrogens (tertiary/aromatic N) is 1. The lowest BCUT2D eigenvalue weighted by atomic mass is 9.88. The first-order valence-electron chi connectivity index (χ1n) is 9.49. The zero-order valence-electron chi connectivity index (χ0n) is 15.8. The number of halogens is 3. The van der Waals surface area contributed by atoms with Gasteiger partial charge in [0.05, 0.1) is 12.6 Å². The van der Waals surface area contributed by atoms with E-state index in [4.69, 9.17) is 39.5 Å². The quantitative estimate of drug-likeness (QED) is 0.481. The molecule has 1 aliphatic rings. The monoisotopic (exact) mass is 425 g/mol. The van der Waals surface area contributed by atoms with Crippen LogP contribution in [0.3, 0.4) is 0 Å². The molecule has 2 aromatic carbocycles. The molecule has 0 aliphatic carbocycles. The zero-order chi connectivity index (χ0) is 19.4. The van der Waals surface area contributed by atoms with Crippen LogP contribution in [-0.2, 0) is 4.74 Å². The zero-order valence-corrected chi connectivity index (χ0v) is 18.1. The van der Waals surface area contributed by atoms with Gasteiger partial charge in [0, 0.05) is 33.9 Å². The lowest BCUT2D eigenvalue weighted by Gasteiger charge is -2.42. The van der Waals surface area contributed by atoms with E-state index in [2.05, 4.69) is 30.9 Å². The van der Waals surface area contributed by atoms with E-state index in [1.165, 1.54) is 0 Å². The Morgan fingerprint density at radius 1 is 1.00 bits per heavy atom. The van der Waals surface area contributed by atoms with Crippen molar-refractivity contribution in [2.45, 2.75) is 32.7 Å². The maximum Gasteiger partial charge on any atom is 0.0557 e. The van der Waals surface area contributed by atoms with Crippen molar-refractivity contribution < 1.29 is 4.74 Å². The van der Waals surface area contributed by atoms with Gasteiger partial charge in [0.2, 0.25) is 0 Å². The van der Waals surface area contributed by atoms with Crippen LogP contribution < -0.4 is 4.90 Å². The minimum absolute atomic E-state index is 0.220. The van der Waals surface area contributed by atoms with Crippen LogP contribution >= 0.6 is 34.8 Å². The molecule has 3 rings (SSSR count). The van der Waals surface area contributed by atoms with Crippen molar-refractivity contribution in [2.24, 2.45) is 11.8 Å². The number of benzene rings is 2. The Kier molecular flexibility index (Phi) is 7.33. The molecule has 1 aliphatic heterocycles. The SMILES string of the molecule is CC(C)COCC1CCC(c2ccc(Cl)cc2Cl)N(c2ccc(Cl)cc2)C1. The highest BCUT2D eigenvalue weighted by molar-refractivity contribution is 6.35. The van der Waals surface area contributed by atoms with Crippen molar-refractivity contribution >= 4 is 40.5 Å². The van der Waals surface area contributed by atoms with E-state index in [0.717, 1.165) is 53.9 Å². The van der Waals surface area contributed by atoms with Crippen LogP contribution in [0.25, 0.3) is 0 Å². The highest BCUT2D eigenvalue weighted by atomic mass is 35.5. The van der Waals surface area contributed by atoms with Crippen LogP contribution in [0.1, 0.15) is 38.3 Å². The molecule has 27 heavy (non-hydrogen) atoms. The molecule has 0 bridgehead atoms. The molecule has 0 N–H and O–H groups in total. The molecule has 0 aromatic heterocycles. The molecule has 2 aromatic rings. The summed E-state index contributed by atoms with van der Waals surface area (Å²) in [5.41, 5.74) is 2.28. The van der Waals surface area contributed by atoms with Gasteiger partial charge in [-0.3, -0.25) is 0 Å². The van der Waals surface area contributed by atoms with Crippen molar-refractivity contribution in [1.29, 1.82) is 0 Å². The first-order valence-corrected chi connectivity index (χ1v) is 10.6. The van der Waals surface area contributed by atoms with E-state index in [1.807, 2.05) is 30.3 Å². The van der Waals surface area contributed by atoms with Crippen LogP contribution in [0.4, 0.5) is 5.69 Å². The van der Waals surface area contributed by atoms with E-state index in [0.29, 0.717) is 16.9 Å². The minimum atomic E-state index is 0.220. The second-order valence-corrected chi connectivity index (χ2v) is 8.97. The largest absolute Gasteiger partial charge is 0.381 e. The number of rotatable bonds is 6. The Morgan fingerprint density at radius 2 is 1.70 bits per heavy atom. The topological polar surface area (TPSA) is 12.5 Å². The Morgan fingerprint density at radius 3 is 2.37 bits per heavy atom. The van der Waals surface area contributed by atoms with E-state index in [1.54, 1.807) is 0 Å². The third-order valence-corrected chi connectivity index (χ3v) is 5.78. The lowest BCUT2D eigenvalue weighted by molar-refractivity contribution is 0.0720. The molecule has 0 amide bonds. The second kappa shape index (κ2) is 9.52. The summed E-state index contributed by atoms with van der Waals surface area (Å²) in [5.74, 6) is 1.06. The van der Waals surface area contributed by atoms with Gasteiger partial charge in [-0.05, 0) is 66.6 Å². The predicted molar refractivity (Wildman–Crippen MR) is 116 cm³/mol. The molecule has 146 valence electrons. The predicted octanol–water partition coefficient (Wildman–Crippen LogP) is 7.28. The maximum absolute atomic E-state index is 6.54. The normalized spacial score (nSPS) is 20.3. The average Bonchev–Trinajstić information content (AvgIpc) is 2.62. The molecule has 5 heteroatoms. The molecule has 2 unspecified atom stereocenters. The van der Waals surface area contributed by atoms with Crippen molar-refractivity contribution in [1.82, 2.24) is 0 Å². The summed E-state index contributed by atoms with van der Waals surface area (Å²) in [4.78, 5) is 2.43. The maximum atomic E-state index is 6.54. The Labute approximate surface area is 177 Å². The third-order valence-electron chi connectivity index (χ3n) is 4.96. The number of piperidine rings is 1. The van der Waals surface area contributed by atoms with Gasteiger partial charge in [-0.2, -0.15) is 0 Å². The fourth-order valence-corrected chi connectivity index (χ4v) is 4.33. The molecule has 2 nitrogen and oxygen atoms in total. The molecule has 1 fully saturated rings. The van der Waals surface area contributed by atoms with Gasteiger partial charge in [-0.25, -0.2) is 0 Å². The fourth-order valence-electron chi connectivity index (χ4n) is 3.67. The first kappa shape index (κ1) is 20.8. The minimum Gasteiger partial charge on any atom is -0.381 e. The van der Waals surface area contributed by atoms with Crippen LogP contribution in [0.15, 0.2) is 42.5 Å². The molecule has 1 heterocycles. The molecule has 0 saturated carbocycles. The fraction of sp³-hybridized carbons (Fsp3) is 0.455. The van der Waals surface area contributed by atoms with Crippen molar-refractivity contribution in [2.75, 3.05) is 24.7 Å². The van der Waals surface area contributed by atoms with Crippen molar-refractivity contribution in [3.05, 3.63) is 63.1 Å². The van der Waals surface area contributed by atoms with E-state index >= 15 is 0 Å². The molecular weight excluding hydrogens is 401 g/mol. The van der Waals surface area contributed by atoms with Gasteiger partial charge in [-0.15, -0.1) is 0 Å². The van der Waals surface area contributed by atoms with Crippen molar-refractivity contribution in [3.63, 3.8) is 0 Å². The standard InChI is InChI=1S/C22H26Cl3NO/c1-15(2)13-27-14-16-3-10-22(20-9-6-18(24)11-21(20)25)26(12-16)19-7-4-17(23)5-8-19/h4-9,11,15-16,22H,3,10,12-14H2,1-2H3. The summed E-state index contributed by atoms with van der Waals surface area (Å²) >= 11 is 18.7. The molecule has 2 atom stereocenters. The molecule has 1 saturated heterocycles. The second-order valence-electron chi connectivity index (χ2n) is 7.69. The van der Waals surface area contributed by atoms with Gasteiger partial charge in [-0.1, -0.05) is 54.7 Å². The van der Waals surface area contributed by atoms with Crippen LogP contribution in [0, 0.1) is 11.8 Å². The molecular formula is C22H26Cl3NO. The third kappa shape index (κ3) is 5.54. The summed E-state index contributed by atoms with van der Waals surface area (Å²) in [6.45, 7) is 6.90. The Hall–Kier alpha value is -0.930. The van der Waals surface area contributed by atoms with E-state index in [9.17, 15) is 0 Å². The van der Waals surface area contributed by atoms with Gasteiger partial charge < -0.3 is 9.64 Å². The van der Waals surface area contributed by atoms with Gasteiger partial charge in [0.15, 0.2) is 0 Å².